The number of ether oxygens (including phenoxy) is 2. The second-order valence-corrected chi connectivity index (χ2v) is 10.8. The number of fused-ring (bicyclic) bond motifs is 1. The van der Waals surface area contributed by atoms with E-state index in [1.54, 1.807) is 32.1 Å². The lowest BCUT2D eigenvalue weighted by Gasteiger charge is -2.23. The summed E-state index contributed by atoms with van der Waals surface area (Å²) in [7, 11) is 0. The topological polar surface area (TPSA) is 89.5 Å². The van der Waals surface area contributed by atoms with Crippen molar-refractivity contribution in [1.82, 2.24) is 10.3 Å². The van der Waals surface area contributed by atoms with Gasteiger partial charge < -0.3 is 20.1 Å². The van der Waals surface area contributed by atoms with E-state index in [0.29, 0.717) is 12.3 Å². The highest BCUT2D eigenvalue weighted by atomic mass is 32.1. The number of amides is 2. The number of hydrogen-bond donors (Lipinski definition) is 2. The number of aromatic nitrogens is 1. The lowest BCUT2D eigenvalue weighted by molar-refractivity contribution is -0.119. The highest BCUT2D eigenvalue weighted by Crippen LogP contribution is 2.31. The molecular weight excluding hydrogens is 486 g/mol. The zero-order chi connectivity index (χ0) is 26.4. The molecule has 1 aromatic heterocycles. The van der Waals surface area contributed by atoms with E-state index >= 15 is 0 Å². The first kappa shape index (κ1) is 26.3. The van der Waals surface area contributed by atoms with Gasteiger partial charge in [-0.25, -0.2) is 9.78 Å². The maximum Gasteiger partial charge on any atom is 0.408 e. The van der Waals surface area contributed by atoms with Crippen molar-refractivity contribution in [3.63, 3.8) is 0 Å². The van der Waals surface area contributed by atoms with Crippen LogP contribution in [-0.4, -0.2) is 35.2 Å². The third-order valence-corrected chi connectivity index (χ3v) is 6.41. The van der Waals surface area contributed by atoms with Gasteiger partial charge in [-0.05, 0) is 75.2 Å². The molecule has 0 aliphatic rings. The molecule has 7 nitrogen and oxygen atoms in total. The smallest absolute Gasteiger partial charge is 0.408 e. The summed E-state index contributed by atoms with van der Waals surface area (Å²) < 4.78 is 12.2. The Morgan fingerprint density at radius 1 is 1.00 bits per heavy atom. The average molecular weight is 518 g/mol. The van der Waals surface area contributed by atoms with Crippen molar-refractivity contribution < 1.29 is 19.1 Å². The Morgan fingerprint density at radius 2 is 1.73 bits per heavy atom. The summed E-state index contributed by atoms with van der Waals surface area (Å²) in [6.07, 6.45) is -0.683. The van der Waals surface area contributed by atoms with E-state index < -0.39 is 23.6 Å². The number of benzene rings is 3. The van der Waals surface area contributed by atoms with Gasteiger partial charge >= 0.3 is 6.09 Å². The van der Waals surface area contributed by atoms with Crippen LogP contribution in [0, 0.1) is 6.92 Å². The van der Waals surface area contributed by atoms with Crippen LogP contribution in [-0.2, 0) is 20.9 Å². The Hall–Kier alpha value is -3.75. The Labute approximate surface area is 220 Å². The fourth-order valence-electron chi connectivity index (χ4n) is 3.58. The fourth-order valence-corrected chi connectivity index (χ4v) is 4.65. The van der Waals surface area contributed by atoms with E-state index in [1.165, 1.54) is 5.56 Å². The standard InChI is InChI=1S/C29H31N3O4S/c1-19-10-15-23-25(16-19)37-27(31-23)21-11-13-22(14-12-21)30-26(33)24(32-28(34)36-29(2,3)4)18-35-17-20-8-6-5-7-9-20/h5-16,24H,17-18H2,1-4H3,(H,30,33)(H,32,34)/t24-/m1/s1. The molecule has 0 spiro atoms. The molecule has 2 amide bonds. The molecular formula is C29H31N3O4S. The largest absolute Gasteiger partial charge is 0.444 e. The molecule has 0 saturated carbocycles. The van der Waals surface area contributed by atoms with Crippen molar-refractivity contribution in [2.24, 2.45) is 0 Å². The molecule has 0 aliphatic heterocycles. The first-order valence-electron chi connectivity index (χ1n) is 12.1. The van der Waals surface area contributed by atoms with Crippen molar-refractivity contribution >= 4 is 39.2 Å². The van der Waals surface area contributed by atoms with E-state index in [1.807, 2.05) is 60.7 Å². The zero-order valence-electron chi connectivity index (χ0n) is 21.4. The van der Waals surface area contributed by atoms with Gasteiger partial charge in [-0.2, -0.15) is 0 Å². The molecule has 0 radical (unpaired) electrons. The summed E-state index contributed by atoms with van der Waals surface area (Å²) in [6.45, 7) is 7.67. The van der Waals surface area contributed by atoms with Crippen LogP contribution in [0.4, 0.5) is 10.5 Å². The summed E-state index contributed by atoms with van der Waals surface area (Å²) in [5.74, 6) is -0.401. The number of alkyl carbamates (subject to hydrolysis) is 1. The Bertz CT molecular complexity index is 1360. The van der Waals surface area contributed by atoms with Crippen LogP contribution in [0.1, 0.15) is 31.9 Å². The zero-order valence-corrected chi connectivity index (χ0v) is 22.2. The third kappa shape index (κ3) is 7.62. The monoisotopic (exact) mass is 517 g/mol. The number of carbonyl (C=O) groups is 2. The van der Waals surface area contributed by atoms with Gasteiger partial charge in [0.1, 0.15) is 16.7 Å². The van der Waals surface area contributed by atoms with Crippen molar-refractivity contribution in [2.75, 3.05) is 11.9 Å². The van der Waals surface area contributed by atoms with E-state index in [-0.39, 0.29) is 6.61 Å². The molecule has 4 rings (SSSR count). The molecule has 0 saturated heterocycles. The van der Waals surface area contributed by atoms with Gasteiger partial charge in [0.15, 0.2) is 0 Å². The van der Waals surface area contributed by atoms with Crippen LogP contribution in [0.2, 0.25) is 0 Å². The van der Waals surface area contributed by atoms with Crippen molar-refractivity contribution in [3.05, 3.63) is 83.9 Å². The number of rotatable bonds is 8. The molecule has 0 unspecified atom stereocenters. The van der Waals surface area contributed by atoms with Crippen LogP contribution in [0.5, 0.6) is 0 Å². The van der Waals surface area contributed by atoms with Gasteiger partial charge in [0.2, 0.25) is 5.91 Å². The average Bonchev–Trinajstić information content (AvgIpc) is 3.26. The van der Waals surface area contributed by atoms with E-state index in [2.05, 4.69) is 29.7 Å². The minimum absolute atomic E-state index is 0.0107. The lowest BCUT2D eigenvalue weighted by atomic mass is 10.2. The molecule has 1 heterocycles. The van der Waals surface area contributed by atoms with E-state index in [4.69, 9.17) is 14.5 Å². The van der Waals surface area contributed by atoms with Gasteiger partial charge in [0.25, 0.3) is 0 Å². The quantitative estimate of drug-likeness (QED) is 0.285. The number of carbonyl (C=O) groups excluding carboxylic acids is 2. The van der Waals surface area contributed by atoms with Gasteiger partial charge in [-0.1, -0.05) is 36.4 Å². The minimum Gasteiger partial charge on any atom is -0.444 e. The van der Waals surface area contributed by atoms with E-state index in [9.17, 15) is 9.59 Å². The van der Waals surface area contributed by atoms with Crippen molar-refractivity contribution in [3.8, 4) is 10.6 Å². The maximum absolute atomic E-state index is 13.1. The molecule has 0 fully saturated rings. The predicted octanol–water partition coefficient (Wildman–Crippen LogP) is 6.32. The molecule has 8 heteroatoms. The number of aryl methyl sites for hydroxylation is 1. The van der Waals surface area contributed by atoms with Crippen LogP contribution in [0.15, 0.2) is 72.8 Å². The third-order valence-electron chi connectivity index (χ3n) is 5.35. The molecule has 3 aromatic carbocycles. The van der Waals surface area contributed by atoms with Crippen molar-refractivity contribution in [2.45, 2.75) is 45.9 Å². The predicted molar refractivity (Wildman–Crippen MR) is 148 cm³/mol. The van der Waals surface area contributed by atoms with Crippen LogP contribution in [0.3, 0.4) is 0 Å². The Balaban J connectivity index is 1.42. The summed E-state index contributed by atoms with van der Waals surface area (Å²) >= 11 is 1.63. The maximum atomic E-state index is 13.1. The van der Waals surface area contributed by atoms with Crippen molar-refractivity contribution in [1.29, 1.82) is 0 Å². The minimum atomic E-state index is -0.939. The van der Waals surface area contributed by atoms with Gasteiger partial charge in [0.05, 0.1) is 23.4 Å². The molecule has 192 valence electrons. The van der Waals surface area contributed by atoms with Gasteiger partial charge in [-0.3, -0.25) is 4.79 Å². The summed E-state index contributed by atoms with van der Waals surface area (Å²) in [4.78, 5) is 30.2. The SMILES string of the molecule is Cc1ccc2nc(-c3ccc(NC(=O)[C@@H](COCc4ccccc4)NC(=O)OC(C)(C)C)cc3)sc2c1. The van der Waals surface area contributed by atoms with Crippen LogP contribution < -0.4 is 10.6 Å². The number of nitrogens with zero attached hydrogens (tertiary/aromatic N) is 1. The van der Waals surface area contributed by atoms with Gasteiger partial charge in [-0.15, -0.1) is 11.3 Å². The van der Waals surface area contributed by atoms with Crippen LogP contribution >= 0.6 is 11.3 Å². The summed E-state index contributed by atoms with van der Waals surface area (Å²) in [5.41, 5.74) is 4.01. The molecule has 37 heavy (non-hydrogen) atoms. The molecule has 4 aromatic rings. The molecule has 0 bridgehead atoms. The number of thiazole rings is 1. The number of anilines is 1. The fraction of sp³-hybridized carbons (Fsp3) is 0.276. The highest BCUT2D eigenvalue weighted by Gasteiger charge is 2.25. The lowest BCUT2D eigenvalue weighted by Crippen LogP contribution is -2.48. The summed E-state index contributed by atoms with van der Waals surface area (Å²) in [6, 6.07) is 22.4. The normalized spacial score (nSPS) is 12.2. The Morgan fingerprint density at radius 3 is 2.43 bits per heavy atom. The number of hydrogen-bond acceptors (Lipinski definition) is 6. The highest BCUT2D eigenvalue weighted by molar-refractivity contribution is 7.21. The Kier molecular flexibility index (Phi) is 8.21. The van der Waals surface area contributed by atoms with Crippen LogP contribution in [0.25, 0.3) is 20.8 Å². The summed E-state index contributed by atoms with van der Waals surface area (Å²) in [5, 5.41) is 6.41. The first-order valence-corrected chi connectivity index (χ1v) is 12.9. The van der Waals surface area contributed by atoms with E-state index in [0.717, 1.165) is 26.4 Å². The molecule has 0 aliphatic carbocycles. The second kappa shape index (κ2) is 11.5. The molecule has 2 N–H and O–H groups in total. The second-order valence-electron chi connectivity index (χ2n) is 9.76. The van der Waals surface area contributed by atoms with Gasteiger partial charge in [0, 0.05) is 11.3 Å². The number of nitrogens with one attached hydrogen (secondary N) is 2. The first-order chi connectivity index (χ1) is 17.7. The molecule has 1 atom stereocenters.